The molecule has 1 aliphatic carbocycles. The number of hydrogen-bond donors (Lipinski definition) is 0. The average Bonchev–Trinajstić information content (AvgIpc) is 2.61. The van der Waals surface area contributed by atoms with Gasteiger partial charge in [0.2, 0.25) is 0 Å². The van der Waals surface area contributed by atoms with Crippen molar-refractivity contribution in [2.45, 2.75) is 51.4 Å². The molecule has 1 fully saturated rings. The summed E-state index contributed by atoms with van der Waals surface area (Å²) in [6.45, 7) is 2.27. The van der Waals surface area contributed by atoms with Crippen LogP contribution in [0.2, 0.25) is 0 Å². The molecule has 130 valence electrons. The predicted octanol–water partition coefficient (Wildman–Crippen LogP) is 6.44. The Morgan fingerprint density at radius 1 is 0.840 bits per heavy atom. The van der Waals surface area contributed by atoms with Crippen molar-refractivity contribution in [2.75, 3.05) is 0 Å². The van der Waals surface area contributed by atoms with Crippen LogP contribution in [0.4, 0.5) is 8.78 Å². The van der Waals surface area contributed by atoms with Gasteiger partial charge in [-0.3, -0.25) is 0 Å². The molecule has 0 unspecified atom stereocenters. The van der Waals surface area contributed by atoms with Crippen molar-refractivity contribution in [3.05, 3.63) is 70.8 Å². The van der Waals surface area contributed by atoms with Crippen molar-refractivity contribution in [2.24, 2.45) is 5.92 Å². The number of hydrogen-bond acceptors (Lipinski definition) is 0. The molecule has 0 atom stereocenters. The minimum Gasteiger partial charge on any atom is -0.207 e. The number of benzene rings is 2. The van der Waals surface area contributed by atoms with Crippen molar-refractivity contribution >= 4 is 0 Å². The molecule has 0 heterocycles. The Hall–Kier alpha value is -2.14. The van der Waals surface area contributed by atoms with E-state index in [2.05, 4.69) is 30.9 Å². The van der Waals surface area contributed by atoms with E-state index in [4.69, 9.17) is 0 Å². The third kappa shape index (κ3) is 4.92. The molecule has 0 bridgehead atoms. The minimum absolute atomic E-state index is 0.357. The van der Waals surface area contributed by atoms with Gasteiger partial charge in [0.05, 0.1) is 0 Å². The average molecular weight is 338 g/mol. The standard InChI is InChI=1S/C23H24F2/c1-2-3-17-6-10-20(11-7-17)21-12-8-18(9-13-21)4-5-19-14-22(24)16-23(25)15-19/h8-9,12-17,20H,2-3,6-7,10-11H2,1H3. The zero-order valence-electron chi connectivity index (χ0n) is 14.7. The lowest BCUT2D eigenvalue weighted by Gasteiger charge is -2.28. The van der Waals surface area contributed by atoms with Crippen LogP contribution >= 0.6 is 0 Å². The van der Waals surface area contributed by atoms with Gasteiger partial charge in [0.25, 0.3) is 0 Å². The normalized spacial score (nSPS) is 20.0. The largest absolute Gasteiger partial charge is 0.207 e. The monoisotopic (exact) mass is 338 g/mol. The summed E-state index contributed by atoms with van der Waals surface area (Å²) in [5.74, 6) is 6.19. The Bertz CT molecular complexity index is 737. The van der Waals surface area contributed by atoms with Gasteiger partial charge in [0.15, 0.2) is 0 Å². The molecule has 3 rings (SSSR count). The van der Waals surface area contributed by atoms with Crippen LogP contribution < -0.4 is 0 Å². The molecular weight excluding hydrogens is 314 g/mol. The van der Waals surface area contributed by atoms with Crippen molar-refractivity contribution in [1.29, 1.82) is 0 Å². The van der Waals surface area contributed by atoms with E-state index in [9.17, 15) is 8.78 Å². The molecule has 2 aromatic rings. The second-order valence-electron chi connectivity index (χ2n) is 7.04. The summed E-state index contributed by atoms with van der Waals surface area (Å²) in [5.41, 5.74) is 2.61. The lowest BCUT2D eigenvalue weighted by Crippen LogP contribution is -2.13. The molecule has 0 radical (unpaired) electrons. The van der Waals surface area contributed by atoms with E-state index < -0.39 is 11.6 Å². The van der Waals surface area contributed by atoms with Crippen molar-refractivity contribution < 1.29 is 8.78 Å². The summed E-state index contributed by atoms with van der Waals surface area (Å²) in [4.78, 5) is 0. The molecule has 0 spiro atoms. The molecule has 2 aromatic carbocycles. The summed E-state index contributed by atoms with van der Waals surface area (Å²) in [5, 5.41) is 0. The van der Waals surface area contributed by atoms with Crippen LogP contribution in [0.25, 0.3) is 0 Å². The molecule has 2 heteroatoms. The summed E-state index contributed by atoms with van der Waals surface area (Å²) in [6.07, 6.45) is 7.88. The highest BCUT2D eigenvalue weighted by Gasteiger charge is 2.21. The molecule has 1 saturated carbocycles. The van der Waals surface area contributed by atoms with Gasteiger partial charge in [-0.2, -0.15) is 0 Å². The molecule has 0 amide bonds. The molecule has 0 nitrogen and oxygen atoms in total. The third-order valence-electron chi connectivity index (χ3n) is 5.14. The quantitative estimate of drug-likeness (QED) is 0.565. The maximum Gasteiger partial charge on any atom is 0.127 e. The topological polar surface area (TPSA) is 0 Å². The van der Waals surface area contributed by atoms with Gasteiger partial charge in [-0.25, -0.2) is 8.78 Å². The van der Waals surface area contributed by atoms with E-state index in [-0.39, 0.29) is 0 Å². The molecule has 0 aliphatic heterocycles. The minimum atomic E-state index is -0.599. The Kier molecular flexibility index (Phi) is 5.87. The van der Waals surface area contributed by atoms with E-state index in [1.165, 1.54) is 56.2 Å². The molecule has 1 aliphatic rings. The van der Waals surface area contributed by atoms with Gasteiger partial charge in [0.1, 0.15) is 11.6 Å². The summed E-state index contributed by atoms with van der Waals surface area (Å²) in [7, 11) is 0. The second-order valence-corrected chi connectivity index (χ2v) is 7.04. The van der Waals surface area contributed by atoms with Crippen molar-refractivity contribution in [3.8, 4) is 11.8 Å². The molecular formula is C23H24F2. The highest BCUT2D eigenvalue weighted by Crippen LogP contribution is 2.37. The van der Waals surface area contributed by atoms with Crippen LogP contribution in [0, 0.1) is 29.4 Å². The Balaban J connectivity index is 1.64. The fourth-order valence-corrected chi connectivity index (χ4v) is 3.80. The maximum atomic E-state index is 13.2. The first kappa shape index (κ1) is 17.7. The summed E-state index contributed by atoms with van der Waals surface area (Å²) < 4.78 is 26.4. The summed E-state index contributed by atoms with van der Waals surface area (Å²) >= 11 is 0. The zero-order valence-corrected chi connectivity index (χ0v) is 14.7. The van der Waals surface area contributed by atoms with Gasteiger partial charge >= 0.3 is 0 Å². The Morgan fingerprint density at radius 2 is 1.44 bits per heavy atom. The first-order valence-corrected chi connectivity index (χ1v) is 9.22. The smallest absolute Gasteiger partial charge is 0.127 e. The lowest BCUT2D eigenvalue weighted by molar-refractivity contribution is 0.308. The predicted molar refractivity (Wildman–Crippen MR) is 98.4 cm³/mol. The Labute approximate surface area is 149 Å². The van der Waals surface area contributed by atoms with Crippen LogP contribution in [0.15, 0.2) is 42.5 Å². The summed E-state index contributed by atoms with van der Waals surface area (Å²) in [6, 6.07) is 11.7. The third-order valence-corrected chi connectivity index (χ3v) is 5.14. The van der Waals surface area contributed by atoms with Gasteiger partial charge < -0.3 is 0 Å². The van der Waals surface area contributed by atoms with Crippen LogP contribution in [0.1, 0.15) is 68.1 Å². The fraction of sp³-hybridized carbons (Fsp3) is 0.391. The first-order valence-electron chi connectivity index (χ1n) is 9.22. The SMILES string of the molecule is CCCC1CCC(c2ccc(C#Cc3cc(F)cc(F)c3)cc2)CC1. The van der Waals surface area contributed by atoms with E-state index in [1.54, 1.807) is 0 Å². The van der Waals surface area contributed by atoms with Gasteiger partial charge in [-0.05, 0) is 67.3 Å². The van der Waals surface area contributed by atoms with Crippen molar-refractivity contribution in [1.82, 2.24) is 0 Å². The number of rotatable bonds is 3. The zero-order chi connectivity index (χ0) is 17.6. The molecule has 25 heavy (non-hydrogen) atoms. The van der Waals surface area contributed by atoms with E-state index in [0.29, 0.717) is 11.5 Å². The fourth-order valence-electron chi connectivity index (χ4n) is 3.80. The van der Waals surface area contributed by atoms with Gasteiger partial charge in [-0.1, -0.05) is 43.7 Å². The molecule has 0 saturated heterocycles. The molecule has 0 aromatic heterocycles. The first-order chi connectivity index (χ1) is 12.1. The lowest BCUT2D eigenvalue weighted by atomic mass is 9.77. The van der Waals surface area contributed by atoms with Gasteiger partial charge in [0, 0.05) is 17.2 Å². The van der Waals surface area contributed by atoms with Crippen LogP contribution in [-0.4, -0.2) is 0 Å². The van der Waals surface area contributed by atoms with E-state index in [0.717, 1.165) is 17.5 Å². The highest BCUT2D eigenvalue weighted by atomic mass is 19.1. The molecule has 0 N–H and O–H groups in total. The van der Waals surface area contributed by atoms with E-state index in [1.807, 2.05) is 12.1 Å². The maximum absolute atomic E-state index is 13.2. The number of halogens is 2. The second kappa shape index (κ2) is 8.30. The van der Waals surface area contributed by atoms with Crippen LogP contribution in [0.5, 0.6) is 0 Å². The van der Waals surface area contributed by atoms with E-state index >= 15 is 0 Å². The van der Waals surface area contributed by atoms with Crippen LogP contribution in [-0.2, 0) is 0 Å². The highest BCUT2D eigenvalue weighted by molar-refractivity contribution is 5.44. The van der Waals surface area contributed by atoms with Crippen molar-refractivity contribution in [3.63, 3.8) is 0 Å². The Morgan fingerprint density at radius 3 is 2.04 bits per heavy atom. The van der Waals surface area contributed by atoms with Gasteiger partial charge in [-0.15, -0.1) is 0 Å². The van der Waals surface area contributed by atoms with Crippen LogP contribution in [0.3, 0.4) is 0 Å².